The Hall–Kier alpha value is -3.48. The van der Waals surface area contributed by atoms with Gasteiger partial charge in [-0.3, -0.25) is 9.78 Å². The van der Waals surface area contributed by atoms with Gasteiger partial charge in [-0.1, -0.05) is 12.1 Å². The van der Waals surface area contributed by atoms with Crippen molar-refractivity contribution < 1.29 is 23.5 Å². The number of aromatic nitrogens is 1. The van der Waals surface area contributed by atoms with E-state index < -0.39 is 18.5 Å². The molecule has 0 aliphatic rings. The Kier molecular flexibility index (Phi) is 5.84. The number of pyridine rings is 1. The topological polar surface area (TPSA) is 77.5 Å². The molecule has 0 spiro atoms. The van der Waals surface area contributed by atoms with Crippen LogP contribution in [-0.2, 0) is 16.1 Å². The van der Waals surface area contributed by atoms with E-state index in [-0.39, 0.29) is 17.9 Å². The number of hydrogen-bond donors (Lipinski definition) is 1. The fourth-order valence-corrected chi connectivity index (χ4v) is 2.65. The number of carbonyl (C=O) groups excluding carboxylic acids is 2. The normalized spacial score (nSPS) is 10.5. The zero-order chi connectivity index (χ0) is 20.1. The molecule has 0 fully saturated rings. The second-order valence-electron chi connectivity index (χ2n) is 6.16. The van der Waals surface area contributed by atoms with Gasteiger partial charge in [0.2, 0.25) is 0 Å². The lowest BCUT2D eigenvalue weighted by molar-refractivity contribution is -0.124. The number of halogens is 1. The summed E-state index contributed by atoms with van der Waals surface area (Å²) in [5.74, 6) is -0.781. The van der Waals surface area contributed by atoms with Crippen molar-refractivity contribution in [2.45, 2.75) is 13.5 Å². The van der Waals surface area contributed by atoms with E-state index in [2.05, 4.69) is 10.3 Å². The molecule has 0 atom stereocenters. The van der Waals surface area contributed by atoms with Gasteiger partial charge in [-0.05, 0) is 48.9 Å². The van der Waals surface area contributed by atoms with Gasteiger partial charge in [-0.15, -0.1) is 0 Å². The molecule has 2 aromatic carbocycles. The maximum absolute atomic E-state index is 12.9. The second kappa shape index (κ2) is 8.47. The third-order valence-electron chi connectivity index (χ3n) is 4.17. The van der Waals surface area contributed by atoms with Crippen LogP contribution >= 0.6 is 0 Å². The fourth-order valence-electron chi connectivity index (χ4n) is 2.65. The molecule has 6 nitrogen and oxygen atoms in total. The predicted octanol–water partition coefficient (Wildman–Crippen LogP) is 3.16. The molecule has 3 aromatic rings. The zero-order valence-electron chi connectivity index (χ0n) is 15.5. The first-order chi connectivity index (χ1) is 13.5. The molecule has 0 aliphatic carbocycles. The van der Waals surface area contributed by atoms with E-state index in [9.17, 15) is 14.0 Å². The third-order valence-corrected chi connectivity index (χ3v) is 4.17. The van der Waals surface area contributed by atoms with E-state index in [1.54, 1.807) is 50.4 Å². The summed E-state index contributed by atoms with van der Waals surface area (Å²) < 4.78 is 23.2. The number of rotatable bonds is 6. The molecule has 0 saturated heterocycles. The van der Waals surface area contributed by atoms with Crippen LogP contribution in [0, 0.1) is 12.7 Å². The molecule has 0 aliphatic heterocycles. The highest BCUT2D eigenvalue weighted by molar-refractivity contribution is 5.96. The number of esters is 1. The van der Waals surface area contributed by atoms with E-state index in [0.29, 0.717) is 11.4 Å². The van der Waals surface area contributed by atoms with Gasteiger partial charge in [-0.25, -0.2) is 9.18 Å². The molecule has 1 amide bonds. The Balaban J connectivity index is 1.61. The summed E-state index contributed by atoms with van der Waals surface area (Å²) in [6.07, 6.45) is 0. The minimum atomic E-state index is -0.633. The van der Waals surface area contributed by atoms with Crippen LogP contribution in [0.2, 0.25) is 0 Å². The Labute approximate surface area is 161 Å². The van der Waals surface area contributed by atoms with E-state index in [1.807, 2.05) is 0 Å². The van der Waals surface area contributed by atoms with E-state index in [0.717, 1.165) is 16.5 Å². The number of nitrogens with zero attached hydrogens (tertiary/aromatic N) is 1. The molecule has 0 saturated carbocycles. The number of aryl methyl sites for hydroxylation is 1. The standard InChI is InChI=1S/C21H19FN2O4/c1-13-18(10-15-9-17(27-2)7-8-19(15)24-13)21(26)28-12-20(25)23-11-14-3-5-16(22)6-4-14/h3-10H,11-12H2,1-2H3,(H,23,25). The van der Waals surface area contributed by atoms with Crippen molar-refractivity contribution in [2.75, 3.05) is 13.7 Å². The monoisotopic (exact) mass is 382 g/mol. The van der Waals surface area contributed by atoms with Gasteiger partial charge >= 0.3 is 5.97 Å². The van der Waals surface area contributed by atoms with Crippen LogP contribution in [0.1, 0.15) is 21.6 Å². The van der Waals surface area contributed by atoms with Crippen molar-refractivity contribution in [1.29, 1.82) is 0 Å². The van der Waals surface area contributed by atoms with Gasteiger partial charge in [0.05, 0.1) is 23.9 Å². The SMILES string of the molecule is COc1ccc2nc(C)c(C(=O)OCC(=O)NCc3ccc(F)cc3)cc2c1. The Morgan fingerprint density at radius 1 is 1.11 bits per heavy atom. The lowest BCUT2D eigenvalue weighted by atomic mass is 10.1. The molecule has 7 heteroatoms. The van der Waals surface area contributed by atoms with Gasteiger partial charge in [0.1, 0.15) is 11.6 Å². The van der Waals surface area contributed by atoms with E-state index >= 15 is 0 Å². The first-order valence-corrected chi connectivity index (χ1v) is 8.60. The van der Waals surface area contributed by atoms with Gasteiger partial charge < -0.3 is 14.8 Å². The Morgan fingerprint density at radius 3 is 2.57 bits per heavy atom. The van der Waals surface area contributed by atoms with Crippen LogP contribution in [0.4, 0.5) is 4.39 Å². The second-order valence-corrected chi connectivity index (χ2v) is 6.16. The summed E-state index contributed by atoms with van der Waals surface area (Å²) in [6.45, 7) is 1.50. The van der Waals surface area contributed by atoms with Gasteiger partial charge in [0, 0.05) is 11.9 Å². The maximum Gasteiger partial charge on any atom is 0.340 e. The lowest BCUT2D eigenvalue weighted by Crippen LogP contribution is -2.28. The maximum atomic E-state index is 12.9. The molecule has 0 unspecified atom stereocenters. The van der Waals surface area contributed by atoms with Gasteiger partial charge in [0.25, 0.3) is 5.91 Å². The Bertz CT molecular complexity index is 1020. The van der Waals surface area contributed by atoms with Gasteiger partial charge in [0.15, 0.2) is 6.61 Å². The summed E-state index contributed by atoms with van der Waals surface area (Å²) in [5.41, 5.74) is 2.26. The molecule has 1 N–H and O–H groups in total. The summed E-state index contributed by atoms with van der Waals surface area (Å²) in [7, 11) is 1.56. The van der Waals surface area contributed by atoms with Crippen molar-refractivity contribution in [2.24, 2.45) is 0 Å². The number of amides is 1. The largest absolute Gasteiger partial charge is 0.497 e. The van der Waals surface area contributed by atoms with Crippen LogP contribution in [0.5, 0.6) is 5.75 Å². The van der Waals surface area contributed by atoms with Crippen molar-refractivity contribution in [1.82, 2.24) is 10.3 Å². The molecular formula is C21H19FN2O4. The summed E-state index contributed by atoms with van der Waals surface area (Å²) in [6, 6.07) is 12.8. The molecule has 28 heavy (non-hydrogen) atoms. The number of nitrogens with one attached hydrogen (secondary N) is 1. The molecule has 144 valence electrons. The van der Waals surface area contributed by atoms with Crippen molar-refractivity contribution in [3.05, 3.63) is 71.2 Å². The number of carbonyl (C=O) groups is 2. The van der Waals surface area contributed by atoms with Crippen molar-refractivity contribution in [3.63, 3.8) is 0 Å². The van der Waals surface area contributed by atoms with Gasteiger partial charge in [-0.2, -0.15) is 0 Å². The number of fused-ring (bicyclic) bond motifs is 1. The number of methoxy groups -OCH3 is 1. The fraction of sp³-hybridized carbons (Fsp3) is 0.190. The number of ether oxygens (including phenoxy) is 2. The molecule has 0 bridgehead atoms. The highest BCUT2D eigenvalue weighted by Gasteiger charge is 2.15. The lowest BCUT2D eigenvalue weighted by Gasteiger charge is -2.09. The molecular weight excluding hydrogens is 363 g/mol. The molecule has 1 heterocycles. The molecule has 0 radical (unpaired) electrons. The minimum absolute atomic E-state index is 0.215. The quantitative estimate of drug-likeness (QED) is 0.663. The highest BCUT2D eigenvalue weighted by atomic mass is 19.1. The molecule has 1 aromatic heterocycles. The first-order valence-electron chi connectivity index (χ1n) is 8.60. The van der Waals surface area contributed by atoms with Crippen molar-refractivity contribution >= 4 is 22.8 Å². The Morgan fingerprint density at radius 2 is 1.86 bits per heavy atom. The van der Waals surface area contributed by atoms with Crippen LogP contribution in [-0.4, -0.2) is 30.6 Å². The third kappa shape index (κ3) is 4.62. The predicted molar refractivity (Wildman–Crippen MR) is 102 cm³/mol. The number of benzene rings is 2. The highest BCUT2D eigenvalue weighted by Crippen LogP contribution is 2.22. The first kappa shape index (κ1) is 19.3. The molecule has 3 rings (SSSR count). The van der Waals surface area contributed by atoms with Crippen LogP contribution in [0.25, 0.3) is 10.9 Å². The van der Waals surface area contributed by atoms with Crippen LogP contribution < -0.4 is 10.1 Å². The zero-order valence-corrected chi connectivity index (χ0v) is 15.5. The minimum Gasteiger partial charge on any atom is -0.497 e. The summed E-state index contributed by atoms with van der Waals surface area (Å²) >= 11 is 0. The van der Waals surface area contributed by atoms with Crippen molar-refractivity contribution in [3.8, 4) is 5.75 Å². The van der Waals surface area contributed by atoms with E-state index in [4.69, 9.17) is 9.47 Å². The summed E-state index contributed by atoms with van der Waals surface area (Å²) in [4.78, 5) is 28.7. The average molecular weight is 382 g/mol. The summed E-state index contributed by atoms with van der Waals surface area (Å²) in [5, 5.41) is 3.35. The smallest absolute Gasteiger partial charge is 0.340 e. The van der Waals surface area contributed by atoms with Crippen LogP contribution in [0.3, 0.4) is 0 Å². The average Bonchev–Trinajstić information content (AvgIpc) is 2.70. The number of hydrogen-bond acceptors (Lipinski definition) is 5. The van der Waals surface area contributed by atoms with Crippen LogP contribution in [0.15, 0.2) is 48.5 Å². The van der Waals surface area contributed by atoms with E-state index in [1.165, 1.54) is 12.1 Å².